The van der Waals surface area contributed by atoms with Crippen molar-refractivity contribution in [3.63, 3.8) is 0 Å². The number of benzene rings is 4. The molecule has 0 nitrogen and oxygen atoms in total. The van der Waals surface area contributed by atoms with Gasteiger partial charge in [0.05, 0.1) is 0 Å². The summed E-state index contributed by atoms with van der Waals surface area (Å²) in [6, 6.07) is 24.0. The number of rotatable bonds is 9. The fraction of sp³-hybridized carbons (Fsp3) is 0.143. The Hall–Kier alpha value is -2.68. The average molecular weight is 534 g/mol. The van der Waals surface area contributed by atoms with Gasteiger partial charge in [0.2, 0.25) is 0 Å². The molecule has 0 N–H and O–H groups in total. The summed E-state index contributed by atoms with van der Waals surface area (Å²) in [4.78, 5) is 0. The van der Waals surface area contributed by atoms with E-state index in [2.05, 4.69) is 0 Å². The van der Waals surface area contributed by atoms with Crippen molar-refractivity contribution in [3.05, 3.63) is 131 Å². The lowest BCUT2D eigenvalue weighted by Gasteiger charge is -2.28. The van der Waals surface area contributed by atoms with Crippen molar-refractivity contribution in [1.82, 2.24) is 0 Å². The van der Waals surface area contributed by atoms with Crippen molar-refractivity contribution in [3.8, 4) is 0 Å². The van der Waals surface area contributed by atoms with E-state index in [4.69, 9.17) is 0 Å². The predicted octanol–water partition coefficient (Wildman–Crippen LogP) is 8.49. The van der Waals surface area contributed by atoms with Crippen LogP contribution in [-0.2, 0) is 0 Å². The van der Waals surface area contributed by atoms with Crippen molar-refractivity contribution in [2.75, 3.05) is 12.3 Å². The summed E-state index contributed by atoms with van der Waals surface area (Å²) in [6.07, 6.45) is 0.267. The average Bonchev–Trinajstić information content (AvgIpc) is 2.90. The second-order valence-electron chi connectivity index (χ2n) is 8.02. The van der Waals surface area contributed by atoms with Crippen LogP contribution in [0.15, 0.2) is 97.1 Å². The van der Waals surface area contributed by atoms with E-state index in [9.17, 15) is 17.6 Å². The van der Waals surface area contributed by atoms with E-state index in [0.717, 1.165) is 12.1 Å². The van der Waals surface area contributed by atoms with Crippen molar-refractivity contribution < 1.29 is 26.3 Å². The van der Waals surface area contributed by atoms with Crippen LogP contribution in [-0.4, -0.2) is 12.3 Å². The summed E-state index contributed by atoms with van der Waals surface area (Å²) >= 11 is 0. The molecule has 0 fully saturated rings. The quantitative estimate of drug-likeness (QED) is 0.149. The Morgan fingerprint density at radius 1 is 0.472 bits per heavy atom. The number of halogens is 6. The second kappa shape index (κ2) is 12.0. The van der Waals surface area contributed by atoms with E-state index in [1.807, 2.05) is 0 Å². The number of hydrogen-bond acceptors (Lipinski definition) is 0. The van der Waals surface area contributed by atoms with Crippen LogP contribution in [0.3, 0.4) is 0 Å². The van der Waals surface area contributed by atoms with Crippen molar-refractivity contribution in [2.24, 2.45) is 0 Å². The Morgan fingerprint density at radius 3 is 1.19 bits per heavy atom. The van der Waals surface area contributed by atoms with E-state index < -0.39 is 50.9 Å². The number of hydrogen-bond donors (Lipinski definition) is 0. The molecule has 4 atom stereocenters. The molecule has 0 spiro atoms. The molecule has 0 aliphatic rings. The third-order valence-electron chi connectivity index (χ3n) is 5.78. The van der Waals surface area contributed by atoms with Crippen LogP contribution >= 0.6 is 15.8 Å². The molecule has 8 heteroatoms. The van der Waals surface area contributed by atoms with Gasteiger partial charge in [0.25, 0.3) is 0 Å². The van der Waals surface area contributed by atoms with Crippen LogP contribution in [0.2, 0.25) is 0 Å². The van der Waals surface area contributed by atoms with Crippen LogP contribution in [0, 0.1) is 23.3 Å². The maximum absolute atomic E-state index is 15.8. The van der Waals surface area contributed by atoms with E-state index in [-0.39, 0.29) is 23.5 Å². The lowest BCUT2D eigenvalue weighted by Crippen LogP contribution is -2.15. The summed E-state index contributed by atoms with van der Waals surface area (Å²) in [6.45, 7) is 0. The van der Waals surface area contributed by atoms with E-state index in [1.54, 1.807) is 60.7 Å². The third-order valence-corrected chi connectivity index (χ3v) is 11.1. The lowest BCUT2D eigenvalue weighted by atomic mass is 10.2. The van der Waals surface area contributed by atoms with Gasteiger partial charge in [0, 0.05) is 11.1 Å². The van der Waals surface area contributed by atoms with Gasteiger partial charge in [-0.25, -0.2) is 26.3 Å². The molecule has 0 aliphatic carbocycles. The summed E-state index contributed by atoms with van der Waals surface area (Å²) in [7, 11) is -3.49. The standard InChI is InChI=1S/C28H22F6P2/c29-23-15-7-13-21(25(23)31)27(33)35(19-9-3-1-4-10-19)17-18-36(20-11-5-2-6-12-20)28(34)22-14-8-16-24(30)26(22)32/h1-16,27-28H,17-18H2. The monoisotopic (exact) mass is 534 g/mol. The van der Waals surface area contributed by atoms with Gasteiger partial charge < -0.3 is 0 Å². The largest absolute Gasteiger partial charge is 0.237 e. The highest BCUT2D eigenvalue weighted by Crippen LogP contribution is 2.57. The SMILES string of the molecule is Fc1cccc(C(F)P(CCP(c2ccccc2)C(F)c2cccc(F)c2F)c2ccccc2)c1F. The molecule has 4 aromatic rings. The molecule has 4 rings (SSSR count). The molecule has 0 radical (unpaired) electrons. The van der Waals surface area contributed by atoms with Crippen LogP contribution in [0.1, 0.15) is 23.0 Å². The molecular formula is C28H22F6P2. The molecule has 0 aliphatic heterocycles. The fourth-order valence-electron chi connectivity index (χ4n) is 3.95. The molecule has 0 bridgehead atoms. The molecule has 36 heavy (non-hydrogen) atoms. The Labute approximate surface area is 208 Å². The van der Waals surface area contributed by atoms with Gasteiger partial charge in [-0.1, -0.05) is 84.9 Å². The van der Waals surface area contributed by atoms with Crippen LogP contribution in [0.25, 0.3) is 0 Å². The Kier molecular flexibility index (Phi) is 8.82. The van der Waals surface area contributed by atoms with Gasteiger partial charge in [-0.3, -0.25) is 0 Å². The molecular weight excluding hydrogens is 512 g/mol. The summed E-state index contributed by atoms with van der Waals surface area (Å²) < 4.78 is 88.4. The van der Waals surface area contributed by atoms with Gasteiger partial charge in [-0.05, 0) is 50.9 Å². The van der Waals surface area contributed by atoms with Crippen LogP contribution in [0.4, 0.5) is 26.3 Å². The molecule has 0 saturated heterocycles. The van der Waals surface area contributed by atoms with Gasteiger partial charge in [0.1, 0.15) is 0 Å². The summed E-state index contributed by atoms with van der Waals surface area (Å²) in [5.74, 6) is -8.46. The molecule has 186 valence electrons. The van der Waals surface area contributed by atoms with Crippen molar-refractivity contribution >= 4 is 26.5 Å². The summed E-state index contributed by atoms with van der Waals surface area (Å²) in [5.41, 5.74) is -0.774. The highest BCUT2D eigenvalue weighted by atomic mass is 31.1. The van der Waals surface area contributed by atoms with E-state index in [0.29, 0.717) is 10.6 Å². The first kappa shape index (κ1) is 26.4. The second-order valence-corrected chi connectivity index (χ2v) is 12.7. The minimum atomic E-state index is -1.84. The zero-order chi connectivity index (χ0) is 25.7. The predicted molar refractivity (Wildman–Crippen MR) is 136 cm³/mol. The van der Waals surface area contributed by atoms with E-state index >= 15 is 8.78 Å². The van der Waals surface area contributed by atoms with Crippen molar-refractivity contribution in [2.45, 2.75) is 11.8 Å². The lowest BCUT2D eigenvalue weighted by molar-refractivity contribution is 0.424. The molecule has 0 amide bonds. The van der Waals surface area contributed by atoms with Gasteiger partial charge in [0.15, 0.2) is 35.1 Å². The zero-order valence-electron chi connectivity index (χ0n) is 19.0. The third kappa shape index (κ3) is 5.82. The minimum absolute atomic E-state index is 0.133. The van der Waals surface area contributed by atoms with Gasteiger partial charge in [-0.15, -0.1) is 0 Å². The first-order valence-corrected chi connectivity index (χ1v) is 14.4. The molecule has 4 aromatic carbocycles. The zero-order valence-corrected chi connectivity index (χ0v) is 20.8. The molecule has 4 unspecified atom stereocenters. The van der Waals surface area contributed by atoms with Crippen molar-refractivity contribution in [1.29, 1.82) is 0 Å². The highest BCUT2D eigenvalue weighted by molar-refractivity contribution is 7.69. The maximum atomic E-state index is 15.8. The highest BCUT2D eigenvalue weighted by Gasteiger charge is 2.32. The molecule has 0 saturated carbocycles. The first-order chi connectivity index (χ1) is 17.4. The topological polar surface area (TPSA) is 0 Å². The van der Waals surface area contributed by atoms with Crippen LogP contribution in [0.5, 0.6) is 0 Å². The van der Waals surface area contributed by atoms with Crippen LogP contribution < -0.4 is 10.6 Å². The minimum Gasteiger partial charge on any atom is -0.237 e. The molecule has 0 aromatic heterocycles. The number of alkyl halides is 2. The normalized spacial score (nSPS) is 14.7. The Morgan fingerprint density at radius 2 is 0.833 bits per heavy atom. The first-order valence-electron chi connectivity index (χ1n) is 11.2. The fourth-order valence-corrected chi connectivity index (χ4v) is 9.34. The Bertz CT molecular complexity index is 1180. The van der Waals surface area contributed by atoms with Gasteiger partial charge >= 0.3 is 0 Å². The smallest absolute Gasteiger partial charge is 0.165 e. The molecule has 0 heterocycles. The van der Waals surface area contributed by atoms with E-state index in [1.165, 1.54) is 24.3 Å². The van der Waals surface area contributed by atoms with Gasteiger partial charge in [-0.2, -0.15) is 0 Å². The maximum Gasteiger partial charge on any atom is 0.165 e. The Balaban J connectivity index is 1.69. The summed E-state index contributed by atoms with van der Waals surface area (Å²) in [5, 5.41) is 1.22.